The predicted molar refractivity (Wildman–Crippen MR) is 64.0 cm³/mol. The number of benzene rings is 1. The average molecular weight is 238 g/mol. The lowest BCUT2D eigenvalue weighted by molar-refractivity contribution is 0.597. The van der Waals surface area contributed by atoms with E-state index in [1.54, 1.807) is 31.2 Å². The Balaban J connectivity index is 2.53. The number of nitrogens with zero attached hydrogens (tertiary/aromatic N) is 1. The minimum atomic E-state index is -2.93. The number of nitriles is 1. The molecule has 0 saturated carbocycles. The summed E-state index contributed by atoms with van der Waals surface area (Å²) in [6, 6.07) is 8.99. The third-order valence-corrected chi connectivity index (χ3v) is 3.88. The van der Waals surface area contributed by atoms with Gasteiger partial charge in [-0.1, -0.05) is 13.0 Å². The highest BCUT2D eigenvalue weighted by molar-refractivity contribution is 7.91. The van der Waals surface area contributed by atoms with E-state index < -0.39 is 9.84 Å². The molecule has 0 amide bonds. The van der Waals surface area contributed by atoms with E-state index in [0.29, 0.717) is 12.1 Å². The maximum Gasteiger partial charge on any atom is 0.151 e. The summed E-state index contributed by atoms with van der Waals surface area (Å²) in [5.74, 6) is 0.271. The zero-order chi connectivity index (χ0) is 12.0. The van der Waals surface area contributed by atoms with Crippen LogP contribution in [0.1, 0.15) is 12.5 Å². The summed E-state index contributed by atoms with van der Waals surface area (Å²) >= 11 is 0. The molecule has 4 nitrogen and oxygen atoms in total. The summed E-state index contributed by atoms with van der Waals surface area (Å²) < 4.78 is 22.4. The SMILES string of the molecule is CCS(=O)(=O)CCNc1cccc(C#N)c1. The van der Waals surface area contributed by atoms with Gasteiger partial charge in [-0.25, -0.2) is 8.42 Å². The number of sulfone groups is 1. The van der Waals surface area contributed by atoms with E-state index in [-0.39, 0.29) is 11.5 Å². The van der Waals surface area contributed by atoms with Crippen LogP contribution in [0, 0.1) is 11.3 Å². The van der Waals surface area contributed by atoms with Crippen molar-refractivity contribution in [3.63, 3.8) is 0 Å². The first-order valence-electron chi connectivity index (χ1n) is 5.02. The van der Waals surface area contributed by atoms with Crippen molar-refractivity contribution in [3.8, 4) is 6.07 Å². The topological polar surface area (TPSA) is 70.0 Å². The highest BCUT2D eigenvalue weighted by atomic mass is 32.2. The van der Waals surface area contributed by atoms with Crippen LogP contribution in [0.3, 0.4) is 0 Å². The molecule has 0 spiro atoms. The van der Waals surface area contributed by atoms with Crippen LogP contribution in [0.4, 0.5) is 5.69 Å². The summed E-state index contributed by atoms with van der Waals surface area (Å²) in [5, 5.41) is 11.7. The lowest BCUT2D eigenvalue weighted by atomic mass is 10.2. The Morgan fingerprint density at radius 1 is 1.44 bits per heavy atom. The largest absolute Gasteiger partial charge is 0.384 e. The summed E-state index contributed by atoms with van der Waals surface area (Å²) in [5.41, 5.74) is 1.33. The Morgan fingerprint density at radius 3 is 2.81 bits per heavy atom. The van der Waals surface area contributed by atoms with Crippen molar-refractivity contribution >= 4 is 15.5 Å². The first kappa shape index (κ1) is 12.5. The average Bonchev–Trinajstić information content (AvgIpc) is 2.29. The quantitative estimate of drug-likeness (QED) is 0.842. The minimum absolute atomic E-state index is 0.111. The van der Waals surface area contributed by atoms with Gasteiger partial charge in [-0.2, -0.15) is 5.26 Å². The summed E-state index contributed by atoms with van der Waals surface area (Å²) in [6.45, 7) is 2.00. The second kappa shape index (κ2) is 5.52. The van der Waals surface area contributed by atoms with Crippen molar-refractivity contribution in [2.45, 2.75) is 6.92 Å². The van der Waals surface area contributed by atoms with E-state index in [1.165, 1.54) is 0 Å². The van der Waals surface area contributed by atoms with Crippen molar-refractivity contribution in [3.05, 3.63) is 29.8 Å². The molecule has 1 rings (SSSR count). The molecule has 0 aromatic heterocycles. The molecule has 86 valence electrons. The van der Waals surface area contributed by atoms with Crippen LogP contribution < -0.4 is 5.32 Å². The third kappa shape index (κ3) is 3.91. The molecule has 1 aromatic rings. The molecule has 0 radical (unpaired) electrons. The molecule has 16 heavy (non-hydrogen) atoms. The van der Waals surface area contributed by atoms with Gasteiger partial charge in [-0.05, 0) is 18.2 Å². The molecule has 1 aromatic carbocycles. The Labute approximate surface area is 95.8 Å². The fourth-order valence-corrected chi connectivity index (χ4v) is 1.90. The molecule has 5 heteroatoms. The molecule has 0 aliphatic carbocycles. The Kier molecular flexibility index (Phi) is 4.32. The Morgan fingerprint density at radius 2 is 2.19 bits per heavy atom. The number of nitrogens with one attached hydrogen (secondary N) is 1. The second-order valence-electron chi connectivity index (χ2n) is 3.36. The molecule has 0 heterocycles. The van der Waals surface area contributed by atoms with E-state index in [0.717, 1.165) is 5.69 Å². The van der Waals surface area contributed by atoms with E-state index in [4.69, 9.17) is 5.26 Å². The predicted octanol–water partition coefficient (Wildman–Crippen LogP) is 1.40. The molecule has 0 aliphatic heterocycles. The van der Waals surface area contributed by atoms with Crippen LogP contribution >= 0.6 is 0 Å². The highest BCUT2D eigenvalue weighted by Crippen LogP contribution is 2.09. The number of anilines is 1. The molecule has 0 saturated heterocycles. The van der Waals surface area contributed by atoms with Crippen molar-refractivity contribution < 1.29 is 8.42 Å². The van der Waals surface area contributed by atoms with Crippen molar-refractivity contribution in [2.24, 2.45) is 0 Å². The van der Waals surface area contributed by atoms with E-state index in [1.807, 2.05) is 6.07 Å². The van der Waals surface area contributed by atoms with Crippen molar-refractivity contribution in [1.29, 1.82) is 5.26 Å². The second-order valence-corrected chi connectivity index (χ2v) is 5.83. The smallest absolute Gasteiger partial charge is 0.151 e. The molecule has 1 N–H and O–H groups in total. The third-order valence-electron chi connectivity index (χ3n) is 2.17. The molecule has 0 atom stereocenters. The number of hydrogen-bond donors (Lipinski definition) is 1. The maximum absolute atomic E-state index is 11.2. The van der Waals surface area contributed by atoms with Crippen LogP contribution in [0.5, 0.6) is 0 Å². The monoisotopic (exact) mass is 238 g/mol. The summed E-state index contributed by atoms with van der Waals surface area (Å²) in [4.78, 5) is 0. The van der Waals surface area contributed by atoms with Crippen LogP contribution in [0.15, 0.2) is 24.3 Å². The van der Waals surface area contributed by atoms with Crippen LogP contribution in [0.2, 0.25) is 0 Å². The Hall–Kier alpha value is -1.54. The van der Waals surface area contributed by atoms with Crippen molar-refractivity contribution in [2.75, 3.05) is 23.4 Å². The Bertz CT molecular complexity index is 489. The number of rotatable bonds is 5. The molecule has 0 bridgehead atoms. The lowest BCUT2D eigenvalue weighted by Gasteiger charge is -2.06. The molecule has 0 fully saturated rings. The van der Waals surface area contributed by atoms with Gasteiger partial charge in [0.1, 0.15) is 0 Å². The summed E-state index contributed by atoms with van der Waals surface area (Å²) in [6.07, 6.45) is 0. The van der Waals surface area contributed by atoms with Gasteiger partial charge in [-0.15, -0.1) is 0 Å². The summed E-state index contributed by atoms with van der Waals surface area (Å²) in [7, 11) is -2.93. The zero-order valence-corrected chi connectivity index (χ0v) is 9.92. The molecule has 0 aliphatic rings. The fourth-order valence-electron chi connectivity index (χ4n) is 1.19. The molecule has 0 unspecified atom stereocenters. The van der Waals surface area contributed by atoms with Gasteiger partial charge < -0.3 is 5.32 Å². The normalized spacial score (nSPS) is 10.8. The van der Waals surface area contributed by atoms with Crippen LogP contribution in [-0.4, -0.2) is 26.5 Å². The highest BCUT2D eigenvalue weighted by Gasteiger charge is 2.06. The van der Waals surface area contributed by atoms with Gasteiger partial charge in [0.2, 0.25) is 0 Å². The van der Waals surface area contributed by atoms with E-state index >= 15 is 0 Å². The lowest BCUT2D eigenvalue weighted by Crippen LogP contribution is -2.17. The van der Waals surface area contributed by atoms with Gasteiger partial charge in [0.15, 0.2) is 9.84 Å². The fraction of sp³-hybridized carbons (Fsp3) is 0.364. The zero-order valence-electron chi connectivity index (χ0n) is 9.10. The van der Waals surface area contributed by atoms with Gasteiger partial charge in [0, 0.05) is 18.0 Å². The van der Waals surface area contributed by atoms with Gasteiger partial charge in [0.05, 0.1) is 17.4 Å². The van der Waals surface area contributed by atoms with Crippen LogP contribution in [0.25, 0.3) is 0 Å². The van der Waals surface area contributed by atoms with E-state index in [2.05, 4.69) is 5.32 Å². The van der Waals surface area contributed by atoms with Gasteiger partial charge >= 0.3 is 0 Å². The molecular weight excluding hydrogens is 224 g/mol. The van der Waals surface area contributed by atoms with E-state index in [9.17, 15) is 8.42 Å². The first-order valence-corrected chi connectivity index (χ1v) is 6.84. The van der Waals surface area contributed by atoms with Crippen molar-refractivity contribution in [1.82, 2.24) is 0 Å². The van der Waals surface area contributed by atoms with Gasteiger partial charge in [-0.3, -0.25) is 0 Å². The molecular formula is C11H14N2O2S. The minimum Gasteiger partial charge on any atom is -0.384 e. The first-order chi connectivity index (χ1) is 7.57. The maximum atomic E-state index is 11.2. The standard InChI is InChI=1S/C11H14N2O2S/c1-2-16(14,15)7-6-13-11-5-3-4-10(8-11)9-12/h3-5,8,13H,2,6-7H2,1H3. The van der Waals surface area contributed by atoms with Gasteiger partial charge in [0.25, 0.3) is 0 Å². The van der Waals surface area contributed by atoms with Crippen LogP contribution in [-0.2, 0) is 9.84 Å². The number of hydrogen-bond acceptors (Lipinski definition) is 4.